The number of hydrogen-bond acceptors (Lipinski definition) is 3. The quantitative estimate of drug-likeness (QED) is 0.760. The fourth-order valence-corrected chi connectivity index (χ4v) is 1.63. The maximum Gasteiger partial charge on any atom is 0.120 e. The molecule has 0 saturated heterocycles. The normalized spacial score (nSPS) is 16.1. The van der Waals surface area contributed by atoms with Crippen LogP contribution in [0.15, 0.2) is 30.5 Å². The Morgan fingerprint density at radius 2 is 2.24 bits per heavy atom. The van der Waals surface area contributed by atoms with Crippen molar-refractivity contribution in [3.8, 4) is 5.75 Å². The number of allylic oxidation sites excluding steroid dienone is 1. The summed E-state index contributed by atoms with van der Waals surface area (Å²) in [7, 11) is 0. The molecule has 17 heavy (non-hydrogen) atoms. The third kappa shape index (κ3) is 2.87. The van der Waals surface area contributed by atoms with Crippen molar-refractivity contribution in [2.24, 2.45) is 0 Å². The van der Waals surface area contributed by atoms with Gasteiger partial charge in [-0.25, -0.2) is 0 Å². The number of nitrogens with one attached hydrogen (secondary N) is 2. The first-order valence-electron chi connectivity index (χ1n) is 5.78. The Labute approximate surface area is 102 Å². The van der Waals surface area contributed by atoms with Gasteiger partial charge in [0.05, 0.1) is 0 Å². The molecule has 1 aromatic rings. The number of anilines is 1. The van der Waals surface area contributed by atoms with Crippen molar-refractivity contribution in [2.75, 3.05) is 5.32 Å². The summed E-state index contributed by atoms with van der Waals surface area (Å²) in [4.78, 5) is 0. The molecule has 1 fully saturated rings. The third-order valence-corrected chi connectivity index (χ3v) is 2.84. The van der Waals surface area contributed by atoms with E-state index in [1.54, 1.807) is 0 Å². The summed E-state index contributed by atoms with van der Waals surface area (Å²) in [5.41, 5.74) is 2.58. The second-order valence-electron chi connectivity index (χ2n) is 4.85. The Hall–Kier alpha value is -1.77. The summed E-state index contributed by atoms with van der Waals surface area (Å²) in [5.74, 6) is 0.829. The number of hydrogen-bond donors (Lipinski definition) is 2. The summed E-state index contributed by atoms with van der Waals surface area (Å²) in [6.45, 7) is 7.80. The molecule has 0 bridgehead atoms. The maximum atomic E-state index is 7.42. The van der Waals surface area contributed by atoms with Gasteiger partial charge in [0.15, 0.2) is 0 Å². The molecule has 1 saturated carbocycles. The summed E-state index contributed by atoms with van der Waals surface area (Å²) in [5, 5.41) is 10.6. The highest BCUT2D eigenvalue weighted by Crippen LogP contribution is 2.40. The molecule has 0 heterocycles. The lowest BCUT2D eigenvalue weighted by Gasteiger charge is -2.15. The predicted molar refractivity (Wildman–Crippen MR) is 71.0 cm³/mol. The van der Waals surface area contributed by atoms with Crippen molar-refractivity contribution in [1.82, 2.24) is 0 Å². The van der Waals surface area contributed by atoms with Crippen molar-refractivity contribution in [3.05, 3.63) is 36.0 Å². The van der Waals surface area contributed by atoms with Crippen molar-refractivity contribution < 1.29 is 4.74 Å². The molecule has 2 rings (SSSR count). The lowest BCUT2D eigenvalue weighted by molar-refractivity contribution is 0.200. The van der Waals surface area contributed by atoms with Crippen LogP contribution in [-0.4, -0.2) is 11.8 Å². The zero-order valence-corrected chi connectivity index (χ0v) is 10.3. The minimum atomic E-state index is 0.0165. The Kier molecular flexibility index (Phi) is 2.92. The fourth-order valence-electron chi connectivity index (χ4n) is 1.63. The van der Waals surface area contributed by atoms with Gasteiger partial charge in [0, 0.05) is 23.2 Å². The van der Waals surface area contributed by atoms with E-state index in [1.165, 1.54) is 6.21 Å². The van der Waals surface area contributed by atoms with Crippen molar-refractivity contribution in [2.45, 2.75) is 32.3 Å². The Balaban J connectivity index is 2.20. The maximum absolute atomic E-state index is 7.42. The second kappa shape index (κ2) is 4.24. The van der Waals surface area contributed by atoms with Crippen LogP contribution in [0, 0.1) is 5.41 Å². The first kappa shape index (κ1) is 11.7. The molecule has 3 nitrogen and oxygen atoms in total. The van der Waals surface area contributed by atoms with E-state index >= 15 is 0 Å². The van der Waals surface area contributed by atoms with E-state index in [1.807, 2.05) is 25.1 Å². The summed E-state index contributed by atoms with van der Waals surface area (Å²) < 4.78 is 5.86. The Morgan fingerprint density at radius 1 is 1.53 bits per heavy atom. The Bertz CT molecular complexity index is 461. The molecular formula is C14H18N2O. The smallest absolute Gasteiger partial charge is 0.120 e. The van der Waals surface area contributed by atoms with Gasteiger partial charge >= 0.3 is 0 Å². The average molecular weight is 230 g/mol. The lowest BCUT2D eigenvalue weighted by Crippen LogP contribution is -2.12. The van der Waals surface area contributed by atoms with Gasteiger partial charge in [-0.15, -0.1) is 0 Å². The number of benzene rings is 1. The molecule has 0 atom stereocenters. The van der Waals surface area contributed by atoms with Gasteiger partial charge in [0.2, 0.25) is 0 Å². The summed E-state index contributed by atoms with van der Waals surface area (Å²) in [6, 6.07) is 5.75. The molecule has 1 aliphatic rings. The average Bonchev–Trinajstić information content (AvgIpc) is 2.98. The number of ether oxygens (including phenoxy) is 1. The first-order valence-corrected chi connectivity index (χ1v) is 5.78. The SMILES string of the molecule is C=C(C)Nc1ccc(OC2(C)CC2)cc1C=N. The van der Waals surface area contributed by atoms with Crippen LogP contribution in [0.5, 0.6) is 5.75 Å². The van der Waals surface area contributed by atoms with E-state index < -0.39 is 0 Å². The molecule has 0 radical (unpaired) electrons. The minimum Gasteiger partial charge on any atom is -0.488 e. The minimum absolute atomic E-state index is 0.0165. The van der Waals surface area contributed by atoms with E-state index in [-0.39, 0.29) is 5.60 Å². The van der Waals surface area contributed by atoms with Crippen LogP contribution in [0.25, 0.3) is 0 Å². The van der Waals surface area contributed by atoms with Crippen LogP contribution >= 0.6 is 0 Å². The van der Waals surface area contributed by atoms with Gasteiger partial charge in [-0.05, 0) is 44.9 Å². The van der Waals surface area contributed by atoms with E-state index in [0.29, 0.717) is 0 Å². The summed E-state index contributed by atoms with van der Waals surface area (Å²) >= 11 is 0. The molecule has 0 spiro atoms. The van der Waals surface area contributed by atoms with Crippen LogP contribution in [0.2, 0.25) is 0 Å². The summed E-state index contributed by atoms with van der Waals surface area (Å²) in [6.07, 6.45) is 3.55. The van der Waals surface area contributed by atoms with E-state index in [0.717, 1.165) is 35.5 Å². The largest absolute Gasteiger partial charge is 0.488 e. The zero-order chi connectivity index (χ0) is 12.5. The van der Waals surface area contributed by atoms with Crippen LogP contribution in [0.4, 0.5) is 5.69 Å². The van der Waals surface area contributed by atoms with Crippen molar-refractivity contribution >= 4 is 11.9 Å². The zero-order valence-electron chi connectivity index (χ0n) is 10.3. The predicted octanol–water partition coefficient (Wildman–Crippen LogP) is 3.56. The van der Waals surface area contributed by atoms with Crippen LogP contribution in [0.1, 0.15) is 32.3 Å². The van der Waals surface area contributed by atoms with Crippen LogP contribution < -0.4 is 10.1 Å². The molecule has 3 heteroatoms. The van der Waals surface area contributed by atoms with Gasteiger partial charge in [0.25, 0.3) is 0 Å². The molecule has 0 aliphatic heterocycles. The van der Waals surface area contributed by atoms with E-state index in [2.05, 4.69) is 18.8 Å². The van der Waals surface area contributed by atoms with Gasteiger partial charge in [-0.3, -0.25) is 0 Å². The van der Waals surface area contributed by atoms with Crippen LogP contribution in [0.3, 0.4) is 0 Å². The molecule has 0 aromatic heterocycles. The van der Waals surface area contributed by atoms with E-state index in [4.69, 9.17) is 10.1 Å². The molecule has 0 amide bonds. The van der Waals surface area contributed by atoms with E-state index in [9.17, 15) is 0 Å². The van der Waals surface area contributed by atoms with Crippen molar-refractivity contribution in [3.63, 3.8) is 0 Å². The first-order chi connectivity index (χ1) is 8.02. The topological polar surface area (TPSA) is 45.1 Å². The fraction of sp³-hybridized carbons (Fsp3) is 0.357. The van der Waals surface area contributed by atoms with Gasteiger partial charge in [-0.1, -0.05) is 6.58 Å². The van der Waals surface area contributed by atoms with Gasteiger partial charge < -0.3 is 15.5 Å². The third-order valence-electron chi connectivity index (χ3n) is 2.84. The Morgan fingerprint density at radius 3 is 2.76 bits per heavy atom. The lowest BCUT2D eigenvalue weighted by atomic mass is 10.1. The van der Waals surface area contributed by atoms with Gasteiger partial charge in [-0.2, -0.15) is 0 Å². The highest BCUT2D eigenvalue weighted by Gasteiger charge is 2.40. The molecule has 90 valence electrons. The molecule has 0 unspecified atom stereocenters. The molecular weight excluding hydrogens is 212 g/mol. The molecule has 1 aromatic carbocycles. The van der Waals surface area contributed by atoms with Crippen molar-refractivity contribution in [1.29, 1.82) is 5.41 Å². The van der Waals surface area contributed by atoms with Crippen LogP contribution in [-0.2, 0) is 0 Å². The monoisotopic (exact) mass is 230 g/mol. The number of rotatable bonds is 5. The molecule has 2 N–H and O–H groups in total. The standard InChI is InChI=1S/C14H18N2O/c1-10(2)16-13-5-4-12(8-11(13)9-15)17-14(3)6-7-14/h4-5,8-9,15-16H,1,6-7H2,2-3H3. The second-order valence-corrected chi connectivity index (χ2v) is 4.85. The highest BCUT2D eigenvalue weighted by atomic mass is 16.5. The highest BCUT2D eigenvalue weighted by molar-refractivity contribution is 5.87. The molecule has 1 aliphatic carbocycles. The van der Waals surface area contributed by atoms with Gasteiger partial charge in [0.1, 0.15) is 11.4 Å².